The van der Waals surface area contributed by atoms with Crippen molar-refractivity contribution in [1.29, 1.82) is 0 Å². The van der Waals surface area contributed by atoms with Crippen LogP contribution in [0.2, 0.25) is 5.72 Å². The summed E-state index contributed by atoms with van der Waals surface area (Å²) in [5.74, 6) is 0. The molecule has 0 aliphatic heterocycles. The standard InChI is InChI=1S/C5H7B2F3/c1-4(2,3(6)7)5(8,9)10/h3H,1-2H3. The summed E-state index contributed by atoms with van der Waals surface area (Å²) in [6, 6.07) is 0. The zero-order chi connectivity index (χ0) is 8.58. The zero-order valence-corrected chi connectivity index (χ0v) is 5.87. The van der Waals surface area contributed by atoms with E-state index in [1.54, 1.807) is 0 Å². The van der Waals surface area contributed by atoms with E-state index in [1.165, 1.54) is 0 Å². The molecule has 0 saturated carbocycles. The largest absolute Gasteiger partial charge is 0.392 e. The van der Waals surface area contributed by atoms with Crippen molar-refractivity contribution >= 4 is 15.7 Å². The van der Waals surface area contributed by atoms with E-state index in [2.05, 4.69) is 0 Å². The van der Waals surface area contributed by atoms with Crippen molar-refractivity contribution in [3.8, 4) is 0 Å². The first-order chi connectivity index (χ1) is 4.19. The van der Waals surface area contributed by atoms with Crippen LogP contribution in [0.3, 0.4) is 0 Å². The second kappa shape index (κ2) is 2.51. The van der Waals surface area contributed by atoms with Gasteiger partial charge in [0.05, 0.1) is 15.7 Å². The lowest BCUT2D eigenvalue weighted by molar-refractivity contribution is -0.207. The Kier molecular flexibility index (Phi) is 2.49. The zero-order valence-electron chi connectivity index (χ0n) is 5.87. The number of rotatable bonds is 1. The smallest absolute Gasteiger partial charge is 0.171 e. The molecule has 0 aliphatic rings. The summed E-state index contributed by atoms with van der Waals surface area (Å²) in [6.07, 6.45) is -4.33. The van der Waals surface area contributed by atoms with Gasteiger partial charge in [0.15, 0.2) is 0 Å². The molecule has 0 unspecified atom stereocenters. The van der Waals surface area contributed by atoms with Gasteiger partial charge in [0, 0.05) is 5.41 Å². The highest BCUT2D eigenvalue weighted by molar-refractivity contribution is 6.36. The number of hydrogen-bond acceptors (Lipinski definition) is 0. The monoisotopic (exact) mass is 146 g/mol. The van der Waals surface area contributed by atoms with Crippen LogP contribution in [0.4, 0.5) is 13.2 Å². The molecule has 0 saturated heterocycles. The fraction of sp³-hybridized carbons (Fsp3) is 1.00. The van der Waals surface area contributed by atoms with Crippen molar-refractivity contribution in [1.82, 2.24) is 0 Å². The Labute approximate surface area is 61.0 Å². The molecule has 10 heavy (non-hydrogen) atoms. The minimum absolute atomic E-state index is 0.970. The van der Waals surface area contributed by atoms with Crippen LogP contribution in [0, 0.1) is 5.41 Å². The van der Waals surface area contributed by atoms with Gasteiger partial charge in [-0.2, -0.15) is 13.2 Å². The predicted molar refractivity (Wildman–Crippen MR) is 35.1 cm³/mol. The molecular formula is C5H7B2F3. The summed E-state index contributed by atoms with van der Waals surface area (Å²) in [5.41, 5.74) is -3.38. The number of hydrogen-bond donors (Lipinski definition) is 0. The van der Waals surface area contributed by atoms with Gasteiger partial charge in [0.25, 0.3) is 0 Å². The van der Waals surface area contributed by atoms with Crippen molar-refractivity contribution < 1.29 is 13.2 Å². The second-order valence-electron chi connectivity index (χ2n) is 2.75. The van der Waals surface area contributed by atoms with Crippen molar-refractivity contribution in [3.05, 3.63) is 0 Å². The highest BCUT2D eigenvalue weighted by Gasteiger charge is 2.48. The van der Waals surface area contributed by atoms with Gasteiger partial charge >= 0.3 is 6.18 Å². The average Bonchev–Trinajstić information content (AvgIpc) is 1.62. The molecule has 0 heterocycles. The maximum atomic E-state index is 11.9. The summed E-state index contributed by atoms with van der Waals surface area (Å²) in [6.45, 7) is 1.94. The van der Waals surface area contributed by atoms with Gasteiger partial charge in [0.1, 0.15) is 0 Å². The molecule has 0 rings (SSSR count). The molecule has 0 aromatic carbocycles. The number of alkyl halides is 3. The van der Waals surface area contributed by atoms with Crippen molar-refractivity contribution in [2.75, 3.05) is 0 Å². The van der Waals surface area contributed by atoms with E-state index in [4.69, 9.17) is 15.7 Å². The Bertz CT molecular complexity index is 117. The maximum Gasteiger partial charge on any atom is 0.392 e. The summed E-state index contributed by atoms with van der Waals surface area (Å²) in [7, 11) is 9.83. The van der Waals surface area contributed by atoms with Gasteiger partial charge in [-0.3, -0.25) is 0 Å². The summed E-state index contributed by atoms with van der Waals surface area (Å²) >= 11 is 0. The lowest BCUT2D eigenvalue weighted by atomic mass is 9.56. The fourth-order valence-corrected chi connectivity index (χ4v) is 0.189. The average molecular weight is 146 g/mol. The topological polar surface area (TPSA) is 0 Å². The van der Waals surface area contributed by atoms with Crippen LogP contribution >= 0.6 is 0 Å². The molecule has 5 heteroatoms. The van der Waals surface area contributed by atoms with Gasteiger partial charge in [-0.05, 0) is 0 Å². The van der Waals surface area contributed by atoms with Crippen LogP contribution in [-0.4, -0.2) is 21.9 Å². The van der Waals surface area contributed by atoms with Crippen LogP contribution < -0.4 is 0 Å². The molecule has 54 valence electrons. The van der Waals surface area contributed by atoms with Gasteiger partial charge < -0.3 is 0 Å². The Morgan fingerprint density at radius 3 is 1.40 bits per heavy atom. The molecule has 0 atom stereocenters. The molecule has 0 nitrogen and oxygen atoms in total. The molecule has 0 spiro atoms. The van der Waals surface area contributed by atoms with E-state index < -0.39 is 17.3 Å². The Hall–Kier alpha value is -0.0801. The molecule has 0 fully saturated rings. The first-order valence-corrected chi connectivity index (χ1v) is 2.77. The third-order valence-corrected chi connectivity index (χ3v) is 1.56. The molecule has 0 amide bonds. The van der Waals surface area contributed by atoms with Crippen molar-refractivity contribution in [2.24, 2.45) is 5.41 Å². The summed E-state index contributed by atoms with van der Waals surface area (Å²) in [5, 5.41) is 0. The van der Waals surface area contributed by atoms with E-state index >= 15 is 0 Å². The van der Waals surface area contributed by atoms with Crippen molar-refractivity contribution in [2.45, 2.75) is 25.7 Å². The minimum atomic E-state index is -4.33. The lowest BCUT2D eigenvalue weighted by Crippen LogP contribution is -2.36. The Morgan fingerprint density at radius 1 is 1.10 bits per heavy atom. The Balaban J connectivity index is 4.40. The van der Waals surface area contributed by atoms with E-state index in [0.717, 1.165) is 13.8 Å². The molecule has 0 aromatic heterocycles. The fourth-order valence-electron chi connectivity index (χ4n) is 0.189. The third-order valence-electron chi connectivity index (χ3n) is 1.56. The van der Waals surface area contributed by atoms with Crippen LogP contribution in [0.5, 0.6) is 0 Å². The summed E-state index contributed by atoms with van der Waals surface area (Å²) in [4.78, 5) is 0. The maximum absolute atomic E-state index is 11.9. The highest BCUT2D eigenvalue weighted by atomic mass is 19.4. The number of halogens is 3. The predicted octanol–water partition coefficient (Wildman–Crippen LogP) is 1.66. The molecule has 0 aromatic rings. The Morgan fingerprint density at radius 2 is 1.40 bits per heavy atom. The van der Waals surface area contributed by atoms with E-state index in [1.807, 2.05) is 0 Å². The van der Waals surface area contributed by atoms with Gasteiger partial charge in [-0.25, -0.2) is 0 Å². The minimum Gasteiger partial charge on any atom is -0.171 e. The van der Waals surface area contributed by atoms with Crippen LogP contribution in [-0.2, 0) is 0 Å². The normalized spacial score (nSPS) is 14.2. The third kappa shape index (κ3) is 1.70. The first-order valence-electron chi connectivity index (χ1n) is 2.77. The molecule has 0 N–H and O–H groups in total. The first kappa shape index (κ1) is 9.92. The van der Waals surface area contributed by atoms with E-state index in [9.17, 15) is 13.2 Å². The van der Waals surface area contributed by atoms with E-state index in [-0.39, 0.29) is 0 Å². The molecule has 0 bridgehead atoms. The molecule has 0 aliphatic carbocycles. The molecule has 4 radical (unpaired) electrons. The quantitative estimate of drug-likeness (QED) is 0.493. The van der Waals surface area contributed by atoms with Gasteiger partial charge in [-0.1, -0.05) is 19.6 Å². The second-order valence-corrected chi connectivity index (χ2v) is 2.75. The SMILES string of the molecule is [B]C([B])C(C)(C)C(F)(F)F. The van der Waals surface area contributed by atoms with Crippen LogP contribution in [0.15, 0.2) is 0 Å². The van der Waals surface area contributed by atoms with Crippen molar-refractivity contribution in [3.63, 3.8) is 0 Å². The highest BCUT2D eigenvalue weighted by Crippen LogP contribution is 2.43. The molecular weight excluding hydrogens is 139 g/mol. The van der Waals surface area contributed by atoms with Crippen LogP contribution in [0.1, 0.15) is 13.8 Å². The van der Waals surface area contributed by atoms with Gasteiger partial charge in [0.2, 0.25) is 0 Å². The van der Waals surface area contributed by atoms with Crippen LogP contribution in [0.25, 0.3) is 0 Å². The lowest BCUT2D eigenvalue weighted by Gasteiger charge is -2.32. The van der Waals surface area contributed by atoms with E-state index in [0.29, 0.717) is 0 Å². The summed E-state index contributed by atoms with van der Waals surface area (Å²) < 4.78 is 35.8. The van der Waals surface area contributed by atoms with Gasteiger partial charge in [-0.15, -0.1) is 0 Å².